The number of hydrogen-bond acceptors (Lipinski definition) is 3. The molecule has 30 heavy (non-hydrogen) atoms. The van der Waals surface area contributed by atoms with E-state index in [2.05, 4.69) is 43.0 Å². The van der Waals surface area contributed by atoms with E-state index in [1.165, 1.54) is 11.1 Å². The van der Waals surface area contributed by atoms with E-state index in [1.807, 2.05) is 9.80 Å². The molecule has 3 saturated heterocycles. The number of nitrogens with zero attached hydrogens (tertiary/aromatic N) is 3. The second kappa shape index (κ2) is 9.09. The molecule has 1 aromatic rings. The molecule has 0 saturated carbocycles. The van der Waals surface area contributed by atoms with Crippen molar-refractivity contribution in [3.05, 3.63) is 35.4 Å². The molecule has 0 aromatic heterocycles. The van der Waals surface area contributed by atoms with Crippen molar-refractivity contribution in [2.45, 2.75) is 76.8 Å². The zero-order valence-electron chi connectivity index (χ0n) is 18.7. The Morgan fingerprint density at radius 1 is 0.967 bits per heavy atom. The highest BCUT2D eigenvalue weighted by Gasteiger charge is 2.46. The first-order valence-corrected chi connectivity index (χ1v) is 11.9. The van der Waals surface area contributed by atoms with Gasteiger partial charge in [-0.2, -0.15) is 0 Å². The largest absolute Gasteiger partial charge is 0.341 e. The van der Waals surface area contributed by atoms with Crippen molar-refractivity contribution in [1.29, 1.82) is 0 Å². The normalized spacial score (nSPS) is 25.5. The van der Waals surface area contributed by atoms with Crippen LogP contribution >= 0.6 is 0 Å². The molecule has 0 N–H and O–H groups in total. The Morgan fingerprint density at radius 2 is 1.70 bits per heavy atom. The van der Waals surface area contributed by atoms with Crippen LogP contribution in [0.15, 0.2) is 24.3 Å². The van der Waals surface area contributed by atoms with Crippen molar-refractivity contribution < 1.29 is 9.59 Å². The summed E-state index contributed by atoms with van der Waals surface area (Å²) < 4.78 is 0. The van der Waals surface area contributed by atoms with E-state index in [4.69, 9.17) is 0 Å². The van der Waals surface area contributed by atoms with Crippen LogP contribution in [0.3, 0.4) is 0 Å². The molecular weight excluding hydrogens is 374 g/mol. The molecular formula is C25H37N3O2. The van der Waals surface area contributed by atoms with Crippen LogP contribution in [0.4, 0.5) is 0 Å². The summed E-state index contributed by atoms with van der Waals surface area (Å²) in [5, 5.41) is 0. The zero-order valence-corrected chi connectivity index (χ0v) is 18.7. The molecule has 3 heterocycles. The molecule has 3 aliphatic heterocycles. The number of benzene rings is 1. The number of likely N-dealkylation sites (tertiary alicyclic amines) is 3. The molecule has 4 rings (SSSR count). The lowest BCUT2D eigenvalue weighted by molar-refractivity contribution is -0.141. The van der Waals surface area contributed by atoms with Crippen LogP contribution in [-0.2, 0) is 16.1 Å². The Bertz CT molecular complexity index is 754. The van der Waals surface area contributed by atoms with Gasteiger partial charge in [0.05, 0.1) is 0 Å². The van der Waals surface area contributed by atoms with E-state index >= 15 is 0 Å². The smallest absolute Gasteiger partial charge is 0.242 e. The molecule has 5 heteroatoms. The summed E-state index contributed by atoms with van der Waals surface area (Å²) in [6.07, 6.45) is 6.80. The van der Waals surface area contributed by atoms with E-state index in [-0.39, 0.29) is 23.9 Å². The molecule has 1 atom stereocenters. The molecule has 164 valence electrons. The van der Waals surface area contributed by atoms with Crippen molar-refractivity contribution in [3.8, 4) is 0 Å². The maximum atomic E-state index is 12.8. The van der Waals surface area contributed by atoms with Crippen LogP contribution in [0.2, 0.25) is 0 Å². The van der Waals surface area contributed by atoms with Crippen molar-refractivity contribution >= 4 is 11.8 Å². The van der Waals surface area contributed by atoms with Gasteiger partial charge in [-0.25, -0.2) is 0 Å². The standard InChI is InChI=1S/C25H37N3O2/c1-20(2)22-8-6-21(7-9-22)18-26-14-5-11-25(13-17-26)12-10-23(29)28(25)19-24(30)27-15-3-4-16-27/h6-9,20H,3-5,10-19H2,1-2H3/t25-/m1/s1. The summed E-state index contributed by atoms with van der Waals surface area (Å²) in [5.41, 5.74) is 2.64. The zero-order chi connectivity index (χ0) is 21.1. The third-order valence-corrected chi connectivity index (χ3v) is 7.49. The van der Waals surface area contributed by atoms with Crippen LogP contribution in [-0.4, -0.2) is 64.8 Å². The minimum Gasteiger partial charge on any atom is -0.341 e. The minimum atomic E-state index is -0.108. The fourth-order valence-corrected chi connectivity index (χ4v) is 5.51. The van der Waals surface area contributed by atoms with Gasteiger partial charge < -0.3 is 9.80 Å². The highest BCUT2D eigenvalue weighted by atomic mass is 16.2. The first-order valence-electron chi connectivity index (χ1n) is 11.9. The fourth-order valence-electron chi connectivity index (χ4n) is 5.51. The Hall–Kier alpha value is -1.88. The van der Waals surface area contributed by atoms with Gasteiger partial charge in [0.25, 0.3) is 0 Å². The average molecular weight is 412 g/mol. The summed E-state index contributed by atoms with van der Waals surface area (Å²) in [5.74, 6) is 0.889. The van der Waals surface area contributed by atoms with Gasteiger partial charge in [0.2, 0.25) is 11.8 Å². The molecule has 1 spiro atoms. The molecule has 0 aliphatic carbocycles. The van der Waals surface area contributed by atoms with Gasteiger partial charge in [0, 0.05) is 38.1 Å². The van der Waals surface area contributed by atoms with Crippen molar-refractivity contribution in [1.82, 2.24) is 14.7 Å². The first-order chi connectivity index (χ1) is 14.5. The van der Waals surface area contributed by atoms with Crippen LogP contribution in [0.25, 0.3) is 0 Å². The second-order valence-corrected chi connectivity index (χ2v) is 9.82. The fraction of sp³-hybridized carbons (Fsp3) is 0.680. The number of carbonyl (C=O) groups excluding carboxylic acids is 2. The highest BCUT2D eigenvalue weighted by Crippen LogP contribution is 2.39. The maximum Gasteiger partial charge on any atom is 0.242 e. The average Bonchev–Trinajstić information content (AvgIpc) is 3.32. The molecule has 3 aliphatic rings. The lowest BCUT2D eigenvalue weighted by atomic mass is 9.87. The molecule has 3 fully saturated rings. The number of rotatable bonds is 5. The third-order valence-electron chi connectivity index (χ3n) is 7.49. The highest BCUT2D eigenvalue weighted by molar-refractivity contribution is 5.87. The summed E-state index contributed by atoms with van der Waals surface area (Å²) in [4.78, 5) is 31.9. The molecule has 0 bridgehead atoms. The summed E-state index contributed by atoms with van der Waals surface area (Å²) in [6, 6.07) is 9.02. The Morgan fingerprint density at radius 3 is 2.40 bits per heavy atom. The van der Waals surface area contributed by atoms with Gasteiger partial charge in [-0.05, 0) is 62.1 Å². The topological polar surface area (TPSA) is 43.9 Å². The quantitative estimate of drug-likeness (QED) is 0.741. The van der Waals surface area contributed by atoms with E-state index in [0.717, 1.165) is 71.2 Å². The third kappa shape index (κ3) is 4.56. The SMILES string of the molecule is CC(C)c1ccc(CN2CCC[C@@]3(CCC(=O)N3CC(=O)N3CCCC3)CC2)cc1. The Balaban J connectivity index is 1.38. The van der Waals surface area contributed by atoms with Crippen molar-refractivity contribution in [2.24, 2.45) is 0 Å². The predicted octanol–water partition coefficient (Wildman–Crippen LogP) is 3.78. The summed E-state index contributed by atoms with van der Waals surface area (Å²) >= 11 is 0. The number of hydrogen-bond donors (Lipinski definition) is 0. The predicted molar refractivity (Wildman–Crippen MR) is 119 cm³/mol. The van der Waals surface area contributed by atoms with E-state index in [0.29, 0.717) is 12.3 Å². The van der Waals surface area contributed by atoms with Gasteiger partial charge in [-0.15, -0.1) is 0 Å². The van der Waals surface area contributed by atoms with Crippen LogP contribution in [0, 0.1) is 0 Å². The lowest BCUT2D eigenvalue weighted by Crippen LogP contribution is -2.51. The van der Waals surface area contributed by atoms with Crippen molar-refractivity contribution in [3.63, 3.8) is 0 Å². The van der Waals surface area contributed by atoms with Crippen LogP contribution in [0.5, 0.6) is 0 Å². The summed E-state index contributed by atoms with van der Waals surface area (Å²) in [6.45, 7) is 9.49. The lowest BCUT2D eigenvalue weighted by Gasteiger charge is -2.38. The first kappa shape index (κ1) is 21.4. The molecule has 0 radical (unpaired) electrons. The Kier molecular flexibility index (Phi) is 6.47. The van der Waals surface area contributed by atoms with Gasteiger partial charge in [-0.1, -0.05) is 38.1 Å². The van der Waals surface area contributed by atoms with Gasteiger partial charge in [0.1, 0.15) is 6.54 Å². The molecule has 1 aromatic carbocycles. The molecule has 0 unspecified atom stereocenters. The van der Waals surface area contributed by atoms with Crippen LogP contribution < -0.4 is 0 Å². The molecule has 2 amide bonds. The minimum absolute atomic E-state index is 0.108. The van der Waals surface area contributed by atoms with E-state index in [9.17, 15) is 9.59 Å². The van der Waals surface area contributed by atoms with E-state index in [1.54, 1.807) is 0 Å². The second-order valence-electron chi connectivity index (χ2n) is 9.82. The monoisotopic (exact) mass is 411 g/mol. The number of carbonyl (C=O) groups is 2. The van der Waals surface area contributed by atoms with Gasteiger partial charge in [-0.3, -0.25) is 14.5 Å². The van der Waals surface area contributed by atoms with E-state index < -0.39 is 0 Å². The molecule has 5 nitrogen and oxygen atoms in total. The number of amides is 2. The summed E-state index contributed by atoms with van der Waals surface area (Å²) in [7, 11) is 0. The van der Waals surface area contributed by atoms with Gasteiger partial charge >= 0.3 is 0 Å². The maximum absolute atomic E-state index is 12.8. The Labute approximate surface area is 181 Å². The van der Waals surface area contributed by atoms with Crippen LogP contribution in [0.1, 0.15) is 75.8 Å². The van der Waals surface area contributed by atoms with Crippen molar-refractivity contribution in [2.75, 3.05) is 32.7 Å². The van der Waals surface area contributed by atoms with Gasteiger partial charge in [0.15, 0.2) is 0 Å².